The number of hydrogen-bond acceptors (Lipinski definition) is 4. The van der Waals surface area contributed by atoms with Gasteiger partial charge >= 0.3 is 5.97 Å². The average molecular weight is 318 g/mol. The second-order valence-electron chi connectivity index (χ2n) is 5.85. The van der Waals surface area contributed by atoms with Crippen molar-refractivity contribution in [2.24, 2.45) is 0 Å². The number of fused-ring (bicyclic) bond motifs is 1. The maximum absolute atomic E-state index is 12.8. The monoisotopic (exact) mass is 318 g/mol. The average Bonchev–Trinajstić information content (AvgIpc) is 2.88. The Morgan fingerprint density at radius 1 is 1.39 bits per heavy atom. The summed E-state index contributed by atoms with van der Waals surface area (Å²) in [7, 11) is 0. The first kappa shape index (κ1) is 16.9. The Bertz CT molecular complexity index is 736. The van der Waals surface area contributed by atoms with Gasteiger partial charge in [-0.15, -0.1) is 0 Å². The predicted molar refractivity (Wildman–Crippen MR) is 86.5 cm³/mol. The highest BCUT2D eigenvalue weighted by atomic mass is 16.4. The molecule has 0 saturated carbocycles. The number of rotatable bonds is 6. The van der Waals surface area contributed by atoms with Gasteiger partial charge in [-0.05, 0) is 33.3 Å². The first-order valence-electron chi connectivity index (χ1n) is 7.71. The van der Waals surface area contributed by atoms with E-state index in [1.807, 2.05) is 27.7 Å². The van der Waals surface area contributed by atoms with Gasteiger partial charge in [-0.25, -0.2) is 9.67 Å². The molecule has 2 heterocycles. The van der Waals surface area contributed by atoms with E-state index in [1.165, 1.54) is 4.90 Å². The van der Waals surface area contributed by atoms with Gasteiger partial charge in [0, 0.05) is 18.3 Å². The first-order chi connectivity index (χ1) is 10.8. The van der Waals surface area contributed by atoms with Gasteiger partial charge in [-0.2, -0.15) is 5.10 Å². The van der Waals surface area contributed by atoms with Crippen LogP contribution in [0.1, 0.15) is 49.3 Å². The Morgan fingerprint density at radius 3 is 2.65 bits per heavy atom. The molecule has 124 valence electrons. The van der Waals surface area contributed by atoms with Gasteiger partial charge in [0.1, 0.15) is 6.54 Å². The van der Waals surface area contributed by atoms with Crippen molar-refractivity contribution in [1.29, 1.82) is 0 Å². The van der Waals surface area contributed by atoms with Crippen LogP contribution in [0, 0.1) is 6.92 Å². The highest BCUT2D eigenvalue weighted by Gasteiger charge is 2.22. The molecule has 0 unspecified atom stereocenters. The van der Waals surface area contributed by atoms with E-state index in [-0.39, 0.29) is 18.5 Å². The molecule has 2 rings (SSSR count). The van der Waals surface area contributed by atoms with Gasteiger partial charge in [0.25, 0.3) is 5.91 Å². The molecule has 0 fully saturated rings. The summed E-state index contributed by atoms with van der Waals surface area (Å²) in [6.45, 7) is 7.79. The third kappa shape index (κ3) is 3.49. The number of pyridine rings is 1. The van der Waals surface area contributed by atoms with Crippen LogP contribution in [-0.2, 0) is 4.79 Å². The summed E-state index contributed by atoms with van der Waals surface area (Å²) in [5, 5.41) is 14.0. The van der Waals surface area contributed by atoms with Crippen LogP contribution in [0.15, 0.2) is 12.3 Å². The van der Waals surface area contributed by atoms with Crippen molar-refractivity contribution in [3.05, 3.63) is 23.5 Å². The molecule has 1 N–H and O–H groups in total. The molecule has 2 aromatic rings. The number of aromatic nitrogens is 3. The quantitative estimate of drug-likeness (QED) is 0.882. The van der Waals surface area contributed by atoms with Crippen LogP contribution in [-0.4, -0.2) is 49.7 Å². The molecule has 0 aliphatic carbocycles. The van der Waals surface area contributed by atoms with E-state index in [0.29, 0.717) is 35.3 Å². The van der Waals surface area contributed by atoms with Crippen LogP contribution in [0.3, 0.4) is 0 Å². The number of carbonyl (C=O) groups excluding carboxylic acids is 1. The molecule has 0 bridgehead atoms. The molecule has 7 heteroatoms. The first-order valence-corrected chi connectivity index (χ1v) is 7.71. The van der Waals surface area contributed by atoms with E-state index in [0.717, 1.165) is 0 Å². The molecule has 0 spiro atoms. The van der Waals surface area contributed by atoms with Gasteiger partial charge in [0.15, 0.2) is 5.65 Å². The van der Waals surface area contributed by atoms with Crippen molar-refractivity contribution in [3.63, 3.8) is 0 Å². The standard InChI is InChI=1S/C16H22N4O3/c1-5-6-19(9-14(21)22)16(23)12-7-11(4)18-15-13(12)8-17-20(15)10(2)3/h7-8,10H,5-6,9H2,1-4H3,(H,21,22). The molecule has 0 atom stereocenters. The molecule has 0 aliphatic rings. The molecule has 23 heavy (non-hydrogen) atoms. The van der Waals surface area contributed by atoms with Crippen LogP contribution in [0.5, 0.6) is 0 Å². The molecule has 7 nitrogen and oxygen atoms in total. The molecular weight excluding hydrogens is 296 g/mol. The lowest BCUT2D eigenvalue weighted by molar-refractivity contribution is -0.137. The van der Waals surface area contributed by atoms with Crippen molar-refractivity contribution >= 4 is 22.9 Å². The number of aryl methyl sites for hydroxylation is 1. The van der Waals surface area contributed by atoms with E-state index in [9.17, 15) is 9.59 Å². The van der Waals surface area contributed by atoms with E-state index < -0.39 is 5.97 Å². The SMILES string of the molecule is CCCN(CC(=O)O)C(=O)c1cc(C)nc2c1cnn2C(C)C. The molecular formula is C16H22N4O3. The maximum atomic E-state index is 12.8. The number of nitrogens with zero attached hydrogens (tertiary/aromatic N) is 4. The number of aliphatic carboxylic acids is 1. The molecule has 0 aliphatic heterocycles. The fourth-order valence-electron chi connectivity index (χ4n) is 2.55. The zero-order valence-corrected chi connectivity index (χ0v) is 13.9. The van der Waals surface area contributed by atoms with Gasteiger partial charge in [0.2, 0.25) is 0 Å². The van der Waals surface area contributed by atoms with Crippen LogP contribution in [0.2, 0.25) is 0 Å². The zero-order valence-electron chi connectivity index (χ0n) is 13.9. The van der Waals surface area contributed by atoms with Crippen molar-refractivity contribution in [2.45, 2.75) is 40.2 Å². The Kier molecular flexibility index (Phi) is 4.98. The minimum Gasteiger partial charge on any atom is -0.480 e. The van der Waals surface area contributed by atoms with Crippen LogP contribution in [0.25, 0.3) is 11.0 Å². The lowest BCUT2D eigenvalue weighted by atomic mass is 10.1. The maximum Gasteiger partial charge on any atom is 0.323 e. The van der Waals surface area contributed by atoms with Gasteiger partial charge < -0.3 is 10.0 Å². The second-order valence-corrected chi connectivity index (χ2v) is 5.85. The number of amides is 1. The molecule has 0 aromatic carbocycles. The summed E-state index contributed by atoms with van der Waals surface area (Å²) in [5.74, 6) is -1.32. The fourth-order valence-corrected chi connectivity index (χ4v) is 2.55. The number of carboxylic acid groups (broad SMARTS) is 1. The number of carboxylic acids is 1. The number of carbonyl (C=O) groups is 2. The summed E-state index contributed by atoms with van der Waals surface area (Å²) >= 11 is 0. The lowest BCUT2D eigenvalue weighted by Gasteiger charge is -2.20. The van der Waals surface area contributed by atoms with Crippen LogP contribution < -0.4 is 0 Å². The van der Waals surface area contributed by atoms with Gasteiger partial charge in [-0.1, -0.05) is 6.92 Å². The molecule has 1 amide bonds. The van der Waals surface area contributed by atoms with E-state index in [4.69, 9.17) is 5.11 Å². The normalized spacial score (nSPS) is 11.2. The van der Waals surface area contributed by atoms with E-state index in [2.05, 4.69) is 10.1 Å². The Hall–Kier alpha value is -2.44. The highest BCUT2D eigenvalue weighted by Crippen LogP contribution is 2.22. The van der Waals surface area contributed by atoms with Crippen LogP contribution in [0.4, 0.5) is 0 Å². The fraction of sp³-hybridized carbons (Fsp3) is 0.500. The summed E-state index contributed by atoms with van der Waals surface area (Å²) in [6.07, 6.45) is 2.32. The van der Waals surface area contributed by atoms with Crippen molar-refractivity contribution in [3.8, 4) is 0 Å². The topological polar surface area (TPSA) is 88.3 Å². The second kappa shape index (κ2) is 6.76. The third-order valence-corrected chi connectivity index (χ3v) is 3.52. The highest BCUT2D eigenvalue weighted by molar-refractivity contribution is 6.06. The molecule has 2 aromatic heterocycles. The largest absolute Gasteiger partial charge is 0.480 e. The zero-order chi connectivity index (χ0) is 17.1. The molecule has 0 saturated heterocycles. The van der Waals surface area contributed by atoms with Gasteiger partial charge in [0.05, 0.1) is 17.1 Å². The van der Waals surface area contributed by atoms with E-state index in [1.54, 1.807) is 16.9 Å². The van der Waals surface area contributed by atoms with Crippen molar-refractivity contribution in [2.75, 3.05) is 13.1 Å². The smallest absolute Gasteiger partial charge is 0.323 e. The predicted octanol–water partition coefficient (Wildman–Crippen LogP) is 2.26. The molecule has 0 radical (unpaired) electrons. The van der Waals surface area contributed by atoms with Crippen LogP contribution >= 0.6 is 0 Å². The van der Waals surface area contributed by atoms with Gasteiger partial charge in [-0.3, -0.25) is 9.59 Å². The minimum absolute atomic E-state index is 0.121. The summed E-state index contributed by atoms with van der Waals surface area (Å²) in [4.78, 5) is 29.7. The number of hydrogen-bond donors (Lipinski definition) is 1. The summed E-state index contributed by atoms with van der Waals surface area (Å²) in [6, 6.07) is 1.82. The van der Waals surface area contributed by atoms with Crippen molar-refractivity contribution in [1.82, 2.24) is 19.7 Å². The summed E-state index contributed by atoms with van der Waals surface area (Å²) < 4.78 is 1.76. The summed E-state index contributed by atoms with van der Waals surface area (Å²) in [5.41, 5.74) is 1.80. The minimum atomic E-state index is -1.02. The Morgan fingerprint density at radius 2 is 2.09 bits per heavy atom. The third-order valence-electron chi connectivity index (χ3n) is 3.52. The Balaban J connectivity index is 2.53. The lowest BCUT2D eigenvalue weighted by Crippen LogP contribution is -2.36. The van der Waals surface area contributed by atoms with E-state index >= 15 is 0 Å². The Labute approximate surface area is 134 Å². The van der Waals surface area contributed by atoms with Crippen molar-refractivity contribution < 1.29 is 14.7 Å².